The van der Waals surface area contributed by atoms with Crippen LogP contribution in [0.4, 0.5) is 5.69 Å². The number of amides is 3. The van der Waals surface area contributed by atoms with Crippen molar-refractivity contribution in [3.8, 4) is 11.5 Å². The van der Waals surface area contributed by atoms with Crippen molar-refractivity contribution in [2.24, 2.45) is 5.92 Å². The third kappa shape index (κ3) is 6.52. The standard InChI is InChI=1S/C28H27N3O6/c1-18-8-11-24(14-19(18)2)37-23-12-9-22(10-13-23)31-16-21(15-26(31)33)28(35)36-17-25(32)29-30-27(34)20-6-4-3-5-7-20/h3-14,21H,15-17H2,1-2H3,(H,29,32)(H,30,34)/t21-/m1/s1. The molecule has 190 valence electrons. The minimum Gasteiger partial charge on any atom is -0.457 e. The summed E-state index contributed by atoms with van der Waals surface area (Å²) in [7, 11) is 0. The third-order valence-corrected chi connectivity index (χ3v) is 6.02. The highest BCUT2D eigenvalue weighted by atomic mass is 16.5. The predicted molar refractivity (Wildman–Crippen MR) is 136 cm³/mol. The van der Waals surface area contributed by atoms with E-state index in [1.165, 1.54) is 10.5 Å². The summed E-state index contributed by atoms with van der Waals surface area (Å²) in [4.78, 5) is 50.4. The van der Waals surface area contributed by atoms with E-state index in [1.807, 2.05) is 32.0 Å². The maximum atomic E-state index is 12.5. The molecule has 9 heteroatoms. The monoisotopic (exact) mass is 501 g/mol. The molecule has 0 radical (unpaired) electrons. The first-order valence-electron chi connectivity index (χ1n) is 11.8. The average Bonchev–Trinajstić information content (AvgIpc) is 3.30. The number of hydrazine groups is 1. The molecule has 3 amide bonds. The minimum absolute atomic E-state index is 0.0217. The molecule has 1 aliphatic rings. The van der Waals surface area contributed by atoms with Crippen LogP contribution < -0.4 is 20.5 Å². The van der Waals surface area contributed by atoms with Gasteiger partial charge in [0.05, 0.1) is 5.92 Å². The quantitative estimate of drug-likeness (QED) is 0.379. The van der Waals surface area contributed by atoms with Crippen LogP contribution in [0.1, 0.15) is 27.9 Å². The number of esters is 1. The first-order valence-corrected chi connectivity index (χ1v) is 11.8. The highest BCUT2D eigenvalue weighted by Gasteiger charge is 2.36. The Morgan fingerprint density at radius 2 is 1.59 bits per heavy atom. The first kappa shape index (κ1) is 25.4. The fourth-order valence-electron chi connectivity index (χ4n) is 3.80. The normalized spacial score (nSPS) is 14.7. The predicted octanol–water partition coefficient (Wildman–Crippen LogP) is 3.45. The summed E-state index contributed by atoms with van der Waals surface area (Å²) in [5.41, 5.74) is 7.76. The minimum atomic E-state index is -0.703. The molecule has 1 atom stereocenters. The Hall–Kier alpha value is -4.66. The van der Waals surface area contributed by atoms with Crippen LogP contribution in [0.5, 0.6) is 11.5 Å². The highest BCUT2D eigenvalue weighted by molar-refractivity contribution is 6.00. The fourth-order valence-corrected chi connectivity index (χ4v) is 3.80. The molecule has 1 heterocycles. The van der Waals surface area contributed by atoms with Gasteiger partial charge in [0.2, 0.25) is 5.91 Å². The number of rotatable bonds is 7. The molecular weight excluding hydrogens is 474 g/mol. The zero-order valence-electron chi connectivity index (χ0n) is 20.5. The van der Waals surface area contributed by atoms with Crippen molar-refractivity contribution in [1.82, 2.24) is 10.9 Å². The lowest BCUT2D eigenvalue weighted by Crippen LogP contribution is -2.43. The highest BCUT2D eigenvalue weighted by Crippen LogP contribution is 2.29. The molecule has 0 aromatic heterocycles. The van der Waals surface area contributed by atoms with Crippen molar-refractivity contribution in [1.29, 1.82) is 0 Å². The van der Waals surface area contributed by atoms with Crippen LogP contribution in [-0.4, -0.2) is 36.8 Å². The van der Waals surface area contributed by atoms with Crippen molar-refractivity contribution in [2.45, 2.75) is 20.3 Å². The summed E-state index contributed by atoms with van der Waals surface area (Å²) < 4.78 is 11.0. The number of anilines is 1. The second-order valence-corrected chi connectivity index (χ2v) is 8.72. The Kier molecular flexibility index (Phi) is 7.83. The van der Waals surface area contributed by atoms with Gasteiger partial charge in [0, 0.05) is 24.2 Å². The molecule has 9 nitrogen and oxygen atoms in total. The molecule has 3 aromatic carbocycles. The Morgan fingerprint density at radius 1 is 0.892 bits per heavy atom. The summed E-state index contributed by atoms with van der Waals surface area (Å²) in [6.45, 7) is 3.61. The van der Waals surface area contributed by atoms with Gasteiger partial charge in [-0.1, -0.05) is 24.3 Å². The zero-order chi connectivity index (χ0) is 26.4. The number of benzene rings is 3. The Balaban J connectivity index is 1.25. The lowest BCUT2D eigenvalue weighted by molar-refractivity contribution is -0.152. The van der Waals surface area contributed by atoms with E-state index in [2.05, 4.69) is 10.9 Å². The van der Waals surface area contributed by atoms with Crippen molar-refractivity contribution in [3.63, 3.8) is 0 Å². The van der Waals surface area contributed by atoms with E-state index >= 15 is 0 Å². The van der Waals surface area contributed by atoms with Crippen molar-refractivity contribution in [3.05, 3.63) is 89.5 Å². The summed E-state index contributed by atoms with van der Waals surface area (Å²) in [6, 6.07) is 21.2. The first-order chi connectivity index (χ1) is 17.8. The van der Waals surface area contributed by atoms with E-state index in [0.29, 0.717) is 17.0 Å². The molecule has 2 N–H and O–H groups in total. The van der Waals surface area contributed by atoms with Gasteiger partial charge in [-0.2, -0.15) is 0 Å². The largest absolute Gasteiger partial charge is 0.457 e. The summed E-state index contributed by atoms with van der Waals surface area (Å²) >= 11 is 0. The number of nitrogens with one attached hydrogen (secondary N) is 2. The van der Waals surface area contributed by atoms with Gasteiger partial charge in [-0.25, -0.2) is 0 Å². The molecule has 1 fully saturated rings. The molecule has 1 aliphatic heterocycles. The number of hydrogen-bond donors (Lipinski definition) is 2. The van der Waals surface area contributed by atoms with E-state index in [-0.39, 0.29) is 18.9 Å². The number of nitrogens with zero attached hydrogens (tertiary/aromatic N) is 1. The Labute approximate surface area is 214 Å². The average molecular weight is 502 g/mol. The SMILES string of the molecule is Cc1ccc(Oc2ccc(N3C[C@H](C(=O)OCC(=O)NNC(=O)c4ccccc4)CC3=O)cc2)cc1C. The molecule has 37 heavy (non-hydrogen) atoms. The van der Waals surface area contributed by atoms with Crippen molar-refractivity contribution in [2.75, 3.05) is 18.1 Å². The van der Waals surface area contributed by atoms with Crippen LogP contribution >= 0.6 is 0 Å². The van der Waals surface area contributed by atoms with Crippen molar-refractivity contribution >= 4 is 29.4 Å². The molecule has 0 bridgehead atoms. The van der Waals surface area contributed by atoms with Gasteiger partial charge in [0.1, 0.15) is 11.5 Å². The Bertz CT molecular complexity index is 1310. The van der Waals surface area contributed by atoms with Gasteiger partial charge in [-0.3, -0.25) is 30.0 Å². The molecular formula is C28H27N3O6. The van der Waals surface area contributed by atoms with E-state index in [1.54, 1.807) is 54.6 Å². The fraction of sp³-hybridized carbons (Fsp3) is 0.214. The van der Waals surface area contributed by atoms with Gasteiger partial charge >= 0.3 is 5.97 Å². The summed E-state index contributed by atoms with van der Waals surface area (Å²) in [6.07, 6.45) is -0.0217. The molecule has 1 saturated heterocycles. The number of ether oxygens (including phenoxy) is 2. The lowest BCUT2D eigenvalue weighted by Gasteiger charge is -2.17. The zero-order valence-corrected chi connectivity index (χ0v) is 20.5. The number of aryl methyl sites for hydroxylation is 2. The molecule has 0 spiro atoms. The Morgan fingerprint density at radius 3 is 2.30 bits per heavy atom. The van der Waals surface area contributed by atoms with Crippen LogP contribution in [0.15, 0.2) is 72.8 Å². The molecule has 0 aliphatic carbocycles. The van der Waals surface area contributed by atoms with E-state index in [9.17, 15) is 19.2 Å². The van der Waals surface area contributed by atoms with Crippen LogP contribution in [-0.2, 0) is 19.1 Å². The number of carbonyl (C=O) groups excluding carboxylic acids is 4. The van der Waals surface area contributed by atoms with Gasteiger partial charge in [-0.05, 0) is 73.5 Å². The van der Waals surface area contributed by atoms with Gasteiger partial charge in [0.25, 0.3) is 11.8 Å². The van der Waals surface area contributed by atoms with E-state index < -0.39 is 30.3 Å². The summed E-state index contributed by atoms with van der Waals surface area (Å²) in [5, 5.41) is 0. The topological polar surface area (TPSA) is 114 Å². The van der Waals surface area contributed by atoms with E-state index in [4.69, 9.17) is 9.47 Å². The molecule has 0 unspecified atom stereocenters. The van der Waals surface area contributed by atoms with Crippen LogP contribution in [0.2, 0.25) is 0 Å². The smallest absolute Gasteiger partial charge is 0.311 e. The van der Waals surface area contributed by atoms with Crippen LogP contribution in [0, 0.1) is 19.8 Å². The third-order valence-electron chi connectivity index (χ3n) is 6.02. The molecule has 4 rings (SSSR count). The van der Waals surface area contributed by atoms with Gasteiger partial charge < -0.3 is 14.4 Å². The number of hydrogen-bond acceptors (Lipinski definition) is 6. The maximum Gasteiger partial charge on any atom is 0.311 e. The summed E-state index contributed by atoms with van der Waals surface area (Å²) in [5.74, 6) is -1.43. The van der Waals surface area contributed by atoms with Crippen LogP contribution in [0.25, 0.3) is 0 Å². The van der Waals surface area contributed by atoms with Crippen molar-refractivity contribution < 1.29 is 28.7 Å². The van der Waals surface area contributed by atoms with E-state index in [0.717, 1.165) is 11.3 Å². The lowest BCUT2D eigenvalue weighted by atomic mass is 10.1. The van der Waals surface area contributed by atoms with Gasteiger partial charge in [0.15, 0.2) is 6.61 Å². The van der Waals surface area contributed by atoms with Gasteiger partial charge in [-0.15, -0.1) is 0 Å². The van der Waals surface area contributed by atoms with Crippen LogP contribution in [0.3, 0.4) is 0 Å². The maximum absolute atomic E-state index is 12.5. The molecule has 3 aromatic rings. The molecule has 0 saturated carbocycles. The second-order valence-electron chi connectivity index (χ2n) is 8.72. The second kappa shape index (κ2) is 11.4. The number of carbonyl (C=O) groups is 4.